The smallest absolute Gasteiger partial charge is 0.170 e. The van der Waals surface area contributed by atoms with Crippen LogP contribution in [0.25, 0.3) is 0 Å². The summed E-state index contributed by atoms with van der Waals surface area (Å²) >= 11 is 5.31. The number of hydrogen-bond acceptors (Lipinski definition) is 2. The number of thiocarbonyl (C=S) groups is 1. The first-order valence-corrected chi connectivity index (χ1v) is 7.66. The predicted molar refractivity (Wildman–Crippen MR) is 90.6 cm³/mol. The molecule has 0 aliphatic carbocycles. The van der Waals surface area contributed by atoms with E-state index in [0.29, 0.717) is 5.11 Å². The van der Waals surface area contributed by atoms with Crippen molar-refractivity contribution in [1.82, 2.24) is 5.32 Å². The molecule has 0 atom stereocenters. The molecule has 4 heteroatoms. The van der Waals surface area contributed by atoms with E-state index in [-0.39, 0.29) is 0 Å². The number of aryl methyl sites for hydroxylation is 3. The van der Waals surface area contributed by atoms with Crippen LogP contribution in [0.15, 0.2) is 12.1 Å². The van der Waals surface area contributed by atoms with Gasteiger partial charge in [-0.1, -0.05) is 13.0 Å². The fourth-order valence-electron chi connectivity index (χ4n) is 1.88. The Morgan fingerprint density at radius 2 is 1.80 bits per heavy atom. The second-order valence-electron chi connectivity index (χ2n) is 5.10. The average molecular weight is 294 g/mol. The molecule has 0 bridgehead atoms. The largest absolute Gasteiger partial charge is 0.381 e. The molecule has 0 spiro atoms. The Morgan fingerprint density at radius 3 is 2.50 bits per heavy atom. The van der Waals surface area contributed by atoms with Crippen LogP contribution >= 0.6 is 12.2 Å². The van der Waals surface area contributed by atoms with Crippen molar-refractivity contribution in [3.8, 4) is 0 Å². The lowest BCUT2D eigenvalue weighted by atomic mass is 10.1. The monoisotopic (exact) mass is 294 g/mol. The van der Waals surface area contributed by atoms with Crippen molar-refractivity contribution >= 4 is 23.0 Å². The molecule has 0 saturated heterocycles. The second-order valence-corrected chi connectivity index (χ2v) is 5.51. The number of hydrogen-bond donors (Lipinski definition) is 2. The average Bonchev–Trinajstić information content (AvgIpc) is 2.40. The van der Waals surface area contributed by atoms with Crippen LogP contribution in [0, 0.1) is 20.8 Å². The van der Waals surface area contributed by atoms with Gasteiger partial charge in [-0.15, -0.1) is 0 Å². The molecule has 0 radical (unpaired) electrons. The zero-order chi connectivity index (χ0) is 15.0. The Hall–Kier alpha value is -1.13. The maximum Gasteiger partial charge on any atom is 0.170 e. The molecule has 1 rings (SSSR count). The third kappa shape index (κ3) is 5.88. The Labute approximate surface area is 128 Å². The molecule has 112 valence electrons. The van der Waals surface area contributed by atoms with Crippen molar-refractivity contribution in [2.75, 3.05) is 25.1 Å². The maximum atomic E-state index is 5.43. The van der Waals surface area contributed by atoms with Crippen molar-refractivity contribution in [2.45, 2.75) is 40.5 Å². The highest BCUT2D eigenvalue weighted by Crippen LogP contribution is 2.19. The van der Waals surface area contributed by atoms with Crippen molar-refractivity contribution in [1.29, 1.82) is 0 Å². The summed E-state index contributed by atoms with van der Waals surface area (Å²) in [5.74, 6) is 0. The van der Waals surface area contributed by atoms with Gasteiger partial charge in [0, 0.05) is 25.4 Å². The van der Waals surface area contributed by atoms with Crippen LogP contribution in [0.3, 0.4) is 0 Å². The molecule has 0 aliphatic heterocycles. The molecule has 3 nitrogen and oxygen atoms in total. The molecule has 0 heterocycles. The molecule has 0 aromatic heterocycles. The van der Waals surface area contributed by atoms with Gasteiger partial charge in [-0.3, -0.25) is 0 Å². The zero-order valence-electron chi connectivity index (χ0n) is 13.0. The molecule has 1 aromatic carbocycles. The summed E-state index contributed by atoms with van der Waals surface area (Å²) in [6.07, 6.45) is 2.03. The van der Waals surface area contributed by atoms with Gasteiger partial charge in [0.15, 0.2) is 5.11 Å². The minimum atomic E-state index is 0.673. The highest BCUT2D eigenvalue weighted by Gasteiger charge is 2.03. The van der Waals surface area contributed by atoms with Gasteiger partial charge in [0.1, 0.15) is 0 Å². The van der Waals surface area contributed by atoms with E-state index in [1.54, 1.807) is 0 Å². The SMILES string of the molecule is CCCOCCCNC(=S)Nc1cc(C)c(C)cc1C. The van der Waals surface area contributed by atoms with E-state index in [2.05, 4.69) is 50.5 Å². The van der Waals surface area contributed by atoms with Gasteiger partial charge in [0.2, 0.25) is 0 Å². The second kappa shape index (κ2) is 8.93. The molecule has 0 saturated carbocycles. The number of rotatable bonds is 7. The molecule has 1 aromatic rings. The minimum absolute atomic E-state index is 0.673. The molecule has 0 unspecified atom stereocenters. The van der Waals surface area contributed by atoms with Crippen LogP contribution in [-0.2, 0) is 4.74 Å². The molecular formula is C16H26N2OS. The van der Waals surface area contributed by atoms with Crippen LogP contribution < -0.4 is 10.6 Å². The van der Waals surface area contributed by atoms with Gasteiger partial charge in [-0.25, -0.2) is 0 Å². The van der Waals surface area contributed by atoms with E-state index < -0.39 is 0 Å². The van der Waals surface area contributed by atoms with Crippen molar-refractivity contribution in [3.63, 3.8) is 0 Å². The number of anilines is 1. The maximum absolute atomic E-state index is 5.43. The summed E-state index contributed by atoms with van der Waals surface area (Å²) < 4.78 is 5.43. The fourth-order valence-corrected chi connectivity index (χ4v) is 2.10. The number of benzene rings is 1. The highest BCUT2D eigenvalue weighted by molar-refractivity contribution is 7.80. The van der Waals surface area contributed by atoms with Crippen molar-refractivity contribution < 1.29 is 4.74 Å². The summed E-state index contributed by atoms with van der Waals surface area (Å²) in [6.45, 7) is 10.9. The summed E-state index contributed by atoms with van der Waals surface area (Å²) in [6, 6.07) is 4.32. The Bertz CT molecular complexity index is 446. The summed E-state index contributed by atoms with van der Waals surface area (Å²) in [5, 5.41) is 7.14. The fraction of sp³-hybridized carbons (Fsp3) is 0.562. The van der Waals surface area contributed by atoms with E-state index in [9.17, 15) is 0 Å². The van der Waals surface area contributed by atoms with Crippen LogP contribution in [0.1, 0.15) is 36.5 Å². The van der Waals surface area contributed by atoms with Crippen LogP contribution in [0.5, 0.6) is 0 Å². The van der Waals surface area contributed by atoms with Crippen molar-refractivity contribution in [2.24, 2.45) is 0 Å². The third-order valence-electron chi connectivity index (χ3n) is 3.19. The van der Waals surface area contributed by atoms with Gasteiger partial charge < -0.3 is 15.4 Å². The van der Waals surface area contributed by atoms with Crippen LogP contribution in [-0.4, -0.2) is 24.9 Å². The quantitative estimate of drug-likeness (QED) is 0.593. The molecule has 20 heavy (non-hydrogen) atoms. The first-order chi connectivity index (χ1) is 9.54. The lowest BCUT2D eigenvalue weighted by Crippen LogP contribution is -2.30. The Morgan fingerprint density at radius 1 is 1.10 bits per heavy atom. The predicted octanol–water partition coefficient (Wildman–Crippen LogP) is 3.71. The first kappa shape index (κ1) is 16.9. The van der Waals surface area contributed by atoms with E-state index in [4.69, 9.17) is 17.0 Å². The van der Waals surface area contributed by atoms with Crippen LogP contribution in [0.2, 0.25) is 0 Å². The molecule has 0 fully saturated rings. The standard InChI is InChI=1S/C16H26N2OS/c1-5-8-19-9-6-7-17-16(20)18-15-11-13(3)12(2)10-14(15)4/h10-11H,5-9H2,1-4H3,(H2,17,18,20). The summed E-state index contributed by atoms with van der Waals surface area (Å²) in [5.41, 5.74) is 4.87. The lowest BCUT2D eigenvalue weighted by molar-refractivity contribution is 0.133. The summed E-state index contributed by atoms with van der Waals surface area (Å²) in [7, 11) is 0. The van der Waals surface area contributed by atoms with E-state index in [1.165, 1.54) is 16.7 Å². The first-order valence-electron chi connectivity index (χ1n) is 7.25. The molecular weight excluding hydrogens is 268 g/mol. The van der Waals surface area contributed by atoms with E-state index >= 15 is 0 Å². The molecule has 2 N–H and O–H groups in total. The van der Waals surface area contributed by atoms with Gasteiger partial charge in [-0.05, 0) is 68.6 Å². The van der Waals surface area contributed by atoms with Crippen LogP contribution in [0.4, 0.5) is 5.69 Å². The molecule has 0 amide bonds. The van der Waals surface area contributed by atoms with Gasteiger partial charge in [0.25, 0.3) is 0 Å². The van der Waals surface area contributed by atoms with Crippen molar-refractivity contribution in [3.05, 3.63) is 28.8 Å². The lowest BCUT2D eigenvalue weighted by Gasteiger charge is -2.14. The zero-order valence-corrected chi connectivity index (χ0v) is 13.8. The van der Waals surface area contributed by atoms with Gasteiger partial charge >= 0.3 is 0 Å². The van der Waals surface area contributed by atoms with E-state index in [1.807, 2.05) is 0 Å². The third-order valence-corrected chi connectivity index (χ3v) is 3.43. The Balaban J connectivity index is 2.34. The highest BCUT2D eigenvalue weighted by atomic mass is 32.1. The summed E-state index contributed by atoms with van der Waals surface area (Å²) in [4.78, 5) is 0. The minimum Gasteiger partial charge on any atom is -0.381 e. The number of nitrogens with one attached hydrogen (secondary N) is 2. The van der Waals surface area contributed by atoms with Gasteiger partial charge in [0.05, 0.1) is 0 Å². The Kier molecular flexibility index (Phi) is 7.55. The normalized spacial score (nSPS) is 10.4. The van der Waals surface area contributed by atoms with E-state index in [0.717, 1.165) is 38.3 Å². The topological polar surface area (TPSA) is 33.3 Å². The molecule has 0 aliphatic rings. The number of ether oxygens (including phenoxy) is 1. The van der Waals surface area contributed by atoms with Gasteiger partial charge in [-0.2, -0.15) is 0 Å².